The number of nitrogens with zero attached hydrogens (tertiary/aromatic N) is 5. The highest BCUT2D eigenvalue weighted by molar-refractivity contribution is 8.19. The number of nitriles is 4. The second kappa shape index (κ2) is 29.6. The van der Waals surface area contributed by atoms with E-state index in [0.717, 1.165) is 103 Å². The molecule has 13 nitrogen and oxygen atoms in total. The van der Waals surface area contributed by atoms with Crippen molar-refractivity contribution in [3.8, 4) is 24.5 Å². The summed E-state index contributed by atoms with van der Waals surface area (Å²) in [6, 6.07) is 31.9. The fourth-order valence-corrected chi connectivity index (χ4v) is 24.1. The third-order valence-corrected chi connectivity index (χ3v) is 28.3. The van der Waals surface area contributed by atoms with Crippen LogP contribution >= 0.6 is 70.6 Å². The minimum Gasteiger partial charge on any atom is -0.461 e. The number of amides is 1. The molecule has 3 heterocycles. The Balaban J connectivity index is 0.000000217. The molecule has 0 aromatic heterocycles. The van der Waals surface area contributed by atoms with Crippen molar-refractivity contribution in [2.24, 2.45) is 44.4 Å². The number of esters is 1. The lowest BCUT2D eigenvalue weighted by Gasteiger charge is -2.46. The molecule has 1 amide bonds. The molecule has 2 N–H and O–H groups in total. The summed E-state index contributed by atoms with van der Waals surface area (Å²) in [7, 11) is 0. The van der Waals surface area contributed by atoms with Crippen molar-refractivity contribution in [1.29, 1.82) is 21.0 Å². The molecule has 3 saturated heterocycles. The number of carbonyl (C=O) groups excluding carboxylic acids is 3. The van der Waals surface area contributed by atoms with E-state index in [9.17, 15) is 30.2 Å². The average molecular weight is 1310 g/mol. The first-order valence-corrected chi connectivity index (χ1v) is 36.4. The van der Waals surface area contributed by atoms with Gasteiger partial charge in [0.25, 0.3) is 6.26 Å². The van der Waals surface area contributed by atoms with E-state index in [0.29, 0.717) is 52.9 Å². The highest BCUT2D eigenvalue weighted by Crippen LogP contribution is 2.61. The van der Waals surface area contributed by atoms with E-state index in [1.54, 1.807) is 71.1 Å². The molecule has 8 aliphatic rings. The van der Waals surface area contributed by atoms with Crippen molar-refractivity contribution in [3.63, 3.8) is 0 Å². The number of isocyanates is 1. The maximum atomic E-state index is 12.9. The van der Waals surface area contributed by atoms with E-state index in [1.165, 1.54) is 5.56 Å². The van der Waals surface area contributed by atoms with Crippen LogP contribution in [0.3, 0.4) is 0 Å². The quantitative estimate of drug-likeness (QED) is 0.0333. The van der Waals surface area contributed by atoms with Crippen LogP contribution in [0.25, 0.3) is 0 Å². The van der Waals surface area contributed by atoms with Crippen molar-refractivity contribution < 1.29 is 33.7 Å². The number of hydrogen-bond acceptors (Lipinski definition) is 18. The molecule has 3 aliphatic heterocycles. The number of allylic oxidation sites excluding steroid dienone is 3. The zero-order chi connectivity index (χ0) is 63.5. The minimum atomic E-state index is -0.424. The summed E-state index contributed by atoms with van der Waals surface area (Å²) in [5, 5.41) is 51.6. The van der Waals surface area contributed by atoms with E-state index in [4.69, 9.17) is 24.6 Å². The SMILES string of the molecule is CC1(C)CC(NC(=O)OCc2ccc(CSC3(C#N)SC4C=CC3C4)cc2)CC(C)(CCC(=O)OCc2ccc(CSC3(C#N)SC4C=CC3C4)cc2)C1.CC1(C)CC(OC#N)CC(C)(CN=C=O)C1.N#CC1(SCc2ccc(CO)cc2)SC2C=CC1C2. The van der Waals surface area contributed by atoms with Gasteiger partial charge in [0.1, 0.15) is 19.3 Å². The zero-order valence-electron chi connectivity index (χ0n) is 51.8. The second-order valence-corrected chi connectivity index (χ2v) is 36.3. The van der Waals surface area contributed by atoms with Crippen molar-refractivity contribution in [2.75, 3.05) is 6.54 Å². The van der Waals surface area contributed by atoms with E-state index in [-0.39, 0.29) is 67.8 Å². The number of benzene rings is 3. The lowest BCUT2D eigenvalue weighted by molar-refractivity contribution is -0.146. The number of carbonyl (C=O) groups is 2. The third kappa shape index (κ3) is 17.9. The summed E-state index contributed by atoms with van der Waals surface area (Å²) in [5.74, 6) is 3.23. The molecule has 470 valence electrons. The fourth-order valence-electron chi connectivity index (χ4n) is 14.6. The molecular weight excluding hydrogens is 1230 g/mol. The summed E-state index contributed by atoms with van der Waals surface area (Å²) in [4.78, 5) is 39.7. The summed E-state index contributed by atoms with van der Waals surface area (Å²) in [6.45, 7) is 14.0. The number of fused-ring (bicyclic) bond motifs is 6. The van der Waals surface area contributed by atoms with Gasteiger partial charge in [-0.25, -0.2) is 14.6 Å². The van der Waals surface area contributed by atoms with Crippen molar-refractivity contribution in [3.05, 3.63) is 143 Å². The highest BCUT2D eigenvalue weighted by atomic mass is 32.2. The molecule has 5 aliphatic carbocycles. The van der Waals surface area contributed by atoms with E-state index < -0.39 is 10.2 Å². The Morgan fingerprint density at radius 2 is 1.01 bits per heavy atom. The van der Waals surface area contributed by atoms with Gasteiger partial charge in [0, 0.05) is 63.2 Å². The molecule has 2 saturated carbocycles. The average Bonchev–Trinajstić information content (AvgIpc) is 1.80. The van der Waals surface area contributed by atoms with Crippen LogP contribution in [0.4, 0.5) is 4.79 Å². The zero-order valence-corrected chi connectivity index (χ0v) is 56.7. The fraction of sp³-hybridized carbons (Fsp3) is 0.557. The number of aliphatic hydroxyl groups is 1. The van der Waals surface area contributed by atoms with Gasteiger partial charge in [0.05, 0.1) is 31.4 Å². The second-order valence-electron chi connectivity index (χ2n) is 27.4. The molecule has 13 unspecified atom stereocenters. The van der Waals surface area contributed by atoms with Gasteiger partial charge in [-0.05, 0) is 119 Å². The molecule has 11 rings (SSSR count). The molecule has 5 fully saturated rings. The Morgan fingerprint density at radius 1 is 0.584 bits per heavy atom. The number of nitrogens with one attached hydrogen (secondary N) is 1. The summed E-state index contributed by atoms with van der Waals surface area (Å²) in [6.07, 6.45) is 25.7. The number of aliphatic imine (C=N–C) groups is 1. The van der Waals surface area contributed by atoms with Gasteiger partial charge in [0.2, 0.25) is 6.08 Å². The maximum absolute atomic E-state index is 12.9. The van der Waals surface area contributed by atoms with Crippen LogP contribution < -0.4 is 5.32 Å². The molecule has 0 radical (unpaired) electrons. The number of thioether (sulfide) groups is 6. The first kappa shape index (κ1) is 68.2. The number of alkyl carbamates (subject to hydrolysis) is 1. The first-order valence-electron chi connectivity index (χ1n) is 30.8. The molecule has 89 heavy (non-hydrogen) atoms. The first-order chi connectivity index (χ1) is 42.5. The van der Waals surface area contributed by atoms with Crippen molar-refractivity contribution in [2.45, 2.75) is 189 Å². The Labute approximate surface area is 552 Å². The summed E-state index contributed by atoms with van der Waals surface area (Å²) in [5.41, 5.74) is 6.25. The molecular formula is C70H82N6O7S6. The number of ether oxygens (including phenoxy) is 3. The van der Waals surface area contributed by atoms with Gasteiger partial charge < -0.3 is 24.6 Å². The lowest BCUT2D eigenvalue weighted by Crippen LogP contribution is -2.47. The van der Waals surface area contributed by atoms with E-state index in [1.807, 2.05) is 60.3 Å². The van der Waals surface area contributed by atoms with Gasteiger partial charge in [-0.15, -0.1) is 70.6 Å². The third-order valence-electron chi connectivity index (χ3n) is 18.3. The van der Waals surface area contributed by atoms with Crippen LogP contribution in [0.5, 0.6) is 0 Å². The van der Waals surface area contributed by atoms with E-state index in [2.05, 4.69) is 131 Å². The van der Waals surface area contributed by atoms with Crippen LogP contribution in [0.15, 0.2) is 114 Å². The molecule has 3 aromatic rings. The monoisotopic (exact) mass is 1310 g/mol. The van der Waals surface area contributed by atoms with Gasteiger partial charge in [-0.2, -0.15) is 21.0 Å². The van der Waals surface area contributed by atoms with Gasteiger partial charge in [-0.3, -0.25) is 4.79 Å². The standard InChI is InChI=1S/C43H49N3O4S4.C15H15NOS2.C12H18N2O2/c1-40(2)20-35(46-39(48)50-23-30-6-10-32(11-7-30)25-52-43(28-45)34-13-15-37(19-34)54-43)21-41(3,26-40)17-16-38(47)49-22-29-4-8-31(9-5-29)24-51-42(27-44)33-12-14-36(18-33)53-42;16-10-15(13-5-6-14(7-13)19-15)18-9-12-3-1-11(8-17)2-4-12;1-11(2)4-10(16-8-13)5-12(3,6-11)7-14-9-15/h4-15,33-37H,16-26H2,1-3H3,(H,46,48);1-6,13-14,17H,7-9H2;10H,4-7H2,1-3H3. The number of hydrogen-bond donors (Lipinski definition) is 2. The normalized spacial score (nSPS) is 32.3. The Morgan fingerprint density at radius 3 is 1.42 bits per heavy atom. The lowest BCUT2D eigenvalue weighted by atomic mass is 9.61. The van der Waals surface area contributed by atoms with Crippen LogP contribution in [-0.4, -0.2) is 69.9 Å². The summed E-state index contributed by atoms with van der Waals surface area (Å²) < 4.78 is 15.3. The smallest absolute Gasteiger partial charge is 0.407 e. The van der Waals surface area contributed by atoms with Crippen LogP contribution in [-0.2, 0) is 60.9 Å². The number of aliphatic hydroxyl groups excluding tert-OH is 1. The molecule has 6 bridgehead atoms. The Hall–Kier alpha value is -5.18. The van der Waals surface area contributed by atoms with Gasteiger partial charge in [-0.1, -0.05) is 151 Å². The van der Waals surface area contributed by atoms with Gasteiger partial charge >= 0.3 is 12.1 Å². The minimum absolute atomic E-state index is 0.000682. The van der Waals surface area contributed by atoms with Crippen molar-refractivity contribution in [1.82, 2.24) is 5.32 Å². The summed E-state index contributed by atoms with van der Waals surface area (Å²) >= 11 is 10.6. The molecule has 0 spiro atoms. The number of rotatable bonds is 21. The molecule has 13 atom stereocenters. The predicted molar refractivity (Wildman–Crippen MR) is 361 cm³/mol. The van der Waals surface area contributed by atoms with Crippen LogP contribution in [0.1, 0.15) is 146 Å². The predicted octanol–water partition coefficient (Wildman–Crippen LogP) is 16.0. The highest BCUT2D eigenvalue weighted by Gasteiger charge is 2.53. The Bertz CT molecular complexity index is 3310. The maximum Gasteiger partial charge on any atom is 0.407 e. The van der Waals surface area contributed by atoms with Crippen LogP contribution in [0, 0.1) is 84.9 Å². The van der Waals surface area contributed by atoms with Gasteiger partial charge in [0.15, 0.2) is 12.2 Å². The largest absolute Gasteiger partial charge is 0.461 e. The topological polar surface area (TPSA) is 219 Å². The Kier molecular flexibility index (Phi) is 22.7. The van der Waals surface area contributed by atoms with Crippen molar-refractivity contribution >= 4 is 88.7 Å². The molecule has 3 aromatic carbocycles. The van der Waals surface area contributed by atoms with E-state index >= 15 is 0 Å². The molecule has 19 heteroatoms. The van der Waals surface area contributed by atoms with Crippen LogP contribution in [0.2, 0.25) is 0 Å².